The molecule has 0 aromatic carbocycles. The lowest BCUT2D eigenvalue weighted by molar-refractivity contribution is 0.366. The zero-order valence-corrected chi connectivity index (χ0v) is 8.07. The molecule has 0 heterocycles. The summed E-state index contributed by atoms with van der Waals surface area (Å²) in [5.41, 5.74) is 0. The summed E-state index contributed by atoms with van der Waals surface area (Å²) in [6.45, 7) is 2.69. The summed E-state index contributed by atoms with van der Waals surface area (Å²) in [5, 5.41) is 0. The van der Waals surface area contributed by atoms with E-state index in [4.69, 9.17) is 16.3 Å². The fraction of sp³-hybridized carbons (Fsp3) is 1.00. The summed E-state index contributed by atoms with van der Waals surface area (Å²) >= 11 is 12.7. The van der Waals surface area contributed by atoms with Gasteiger partial charge in [-0.25, -0.2) is 0 Å². The van der Waals surface area contributed by atoms with Gasteiger partial charge in [0, 0.05) is 0 Å². The Morgan fingerprint density at radius 3 is 2.25 bits per heavy atom. The Bertz CT molecular complexity index is 98.7. The van der Waals surface area contributed by atoms with Crippen molar-refractivity contribution in [1.29, 1.82) is 0 Å². The average Bonchev–Trinajstić information content (AvgIpc) is 1.59. The van der Waals surface area contributed by atoms with E-state index in [-0.39, 0.29) is 0 Å². The van der Waals surface area contributed by atoms with Crippen LogP contribution < -0.4 is 0 Å². The summed E-state index contributed by atoms with van der Waals surface area (Å²) in [6, 6.07) is 0. The van der Waals surface area contributed by atoms with Crippen molar-refractivity contribution in [2.75, 3.05) is 6.61 Å². The highest BCUT2D eigenvalue weighted by atomic mass is 33.2. The van der Waals surface area contributed by atoms with E-state index in [1.807, 2.05) is 6.92 Å². The topological polar surface area (TPSA) is 9.23 Å². The smallest absolute Gasteiger partial charge is 0.168 e. The number of hydrogen-bond donors (Lipinski definition) is 2. The maximum Gasteiger partial charge on any atom is 0.168 e. The molecule has 0 rings (SSSR count). The minimum Gasteiger partial charge on any atom is -0.334 e. The van der Waals surface area contributed by atoms with Crippen LogP contribution in [-0.4, -0.2) is 6.61 Å². The Kier molecular flexibility index (Phi) is 4.86. The van der Waals surface area contributed by atoms with Gasteiger partial charge in [-0.3, -0.25) is 0 Å². The van der Waals surface area contributed by atoms with Gasteiger partial charge in [0.2, 0.25) is 0 Å². The van der Waals surface area contributed by atoms with Crippen LogP contribution in [0.3, 0.4) is 0 Å². The predicted octanol–water partition coefficient (Wildman–Crippen LogP) is 2.50. The van der Waals surface area contributed by atoms with E-state index in [1.165, 1.54) is 0 Å². The van der Waals surface area contributed by atoms with E-state index in [0.29, 0.717) is 6.61 Å². The molecule has 0 saturated heterocycles. The second kappa shape index (κ2) is 4.18. The van der Waals surface area contributed by atoms with Gasteiger partial charge < -0.3 is 4.52 Å². The standard InChI is InChI=1S/C3H9OPS3/c1-2-3-4-5(6,7)8/h2-3H2,1H3,(H2,6,7,8). The first-order chi connectivity index (χ1) is 3.56. The molecule has 0 spiro atoms. The Balaban J connectivity index is 3.26. The van der Waals surface area contributed by atoms with Gasteiger partial charge in [0.25, 0.3) is 0 Å². The van der Waals surface area contributed by atoms with Gasteiger partial charge in [-0.05, 0) is 18.2 Å². The molecule has 0 aromatic rings. The highest BCUT2D eigenvalue weighted by Gasteiger charge is 2.00. The van der Waals surface area contributed by atoms with Crippen LogP contribution in [0.5, 0.6) is 0 Å². The maximum absolute atomic E-state index is 5.03. The van der Waals surface area contributed by atoms with Gasteiger partial charge in [0.15, 0.2) is 4.67 Å². The van der Waals surface area contributed by atoms with Crippen LogP contribution >= 0.6 is 29.2 Å². The van der Waals surface area contributed by atoms with Crippen LogP contribution in [0.2, 0.25) is 0 Å². The van der Waals surface area contributed by atoms with E-state index < -0.39 is 4.67 Å². The number of rotatable bonds is 3. The molecule has 0 N–H and O–H groups in total. The van der Waals surface area contributed by atoms with Crippen molar-refractivity contribution in [2.45, 2.75) is 13.3 Å². The predicted molar refractivity (Wildman–Crippen MR) is 48.5 cm³/mol. The monoisotopic (exact) mass is 188 g/mol. The van der Waals surface area contributed by atoms with Crippen LogP contribution in [0.25, 0.3) is 0 Å². The molecule has 50 valence electrons. The first-order valence-electron chi connectivity index (χ1n) is 2.26. The maximum atomic E-state index is 5.03. The highest BCUT2D eigenvalue weighted by Crippen LogP contribution is 2.56. The molecule has 0 radical (unpaired) electrons. The summed E-state index contributed by atoms with van der Waals surface area (Å²) in [6.07, 6.45) is 0.972. The molecule has 1 nitrogen and oxygen atoms in total. The molecule has 0 fully saturated rings. The Morgan fingerprint density at radius 1 is 1.62 bits per heavy atom. The fourth-order valence-electron chi connectivity index (χ4n) is 0.210. The Morgan fingerprint density at radius 2 is 2.12 bits per heavy atom. The molecular weight excluding hydrogens is 179 g/mol. The Labute approximate surface area is 65.6 Å². The van der Waals surface area contributed by atoms with E-state index in [9.17, 15) is 0 Å². The second-order valence-electron chi connectivity index (χ2n) is 1.32. The Hall–Kier alpha value is 1.31. The molecule has 0 atom stereocenters. The van der Waals surface area contributed by atoms with Crippen LogP contribution in [-0.2, 0) is 16.3 Å². The molecule has 0 aliphatic carbocycles. The molecule has 0 aliphatic rings. The molecule has 0 bridgehead atoms. The molecule has 0 saturated carbocycles. The van der Waals surface area contributed by atoms with E-state index >= 15 is 0 Å². The van der Waals surface area contributed by atoms with Crippen molar-refractivity contribution < 1.29 is 4.52 Å². The van der Waals surface area contributed by atoms with Gasteiger partial charge in [0.05, 0.1) is 6.61 Å². The third kappa shape index (κ3) is 7.31. The van der Waals surface area contributed by atoms with Gasteiger partial charge in [-0.15, -0.1) is 24.5 Å². The number of thiol groups is 2. The van der Waals surface area contributed by atoms with Gasteiger partial charge in [-0.2, -0.15) is 0 Å². The molecular formula is C3H9OPS3. The molecule has 0 unspecified atom stereocenters. The van der Waals surface area contributed by atoms with Crippen LogP contribution in [0.1, 0.15) is 13.3 Å². The molecule has 0 aromatic heterocycles. The summed E-state index contributed by atoms with van der Waals surface area (Å²) in [5.74, 6) is 0. The lowest BCUT2D eigenvalue weighted by atomic mass is 10.5. The van der Waals surface area contributed by atoms with Crippen LogP contribution in [0.4, 0.5) is 0 Å². The van der Waals surface area contributed by atoms with E-state index in [2.05, 4.69) is 24.5 Å². The minimum atomic E-state index is -1.96. The molecule has 5 heteroatoms. The second-order valence-corrected chi connectivity index (χ2v) is 10.1. The largest absolute Gasteiger partial charge is 0.334 e. The van der Waals surface area contributed by atoms with Crippen LogP contribution in [0.15, 0.2) is 0 Å². The van der Waals surface area contributed by atoms with E-state index in [1.54, 1.807) is 0 Å². The lowest BCUT2D eigenvalue weighted by Crippen LogP contribution is -1.81. The van der Waals surface area contributed by atoms with Gasteiger partial charge >= 0.3 is 0 Å². The zero-order chi connectivity index (χ0) is 6.62. The SMILES string of the molecule is CCCOP(=S)(S)S. The van der Waals surface area contributed by atoms with Crippen molar-refractivity contribution in [2.24, 2.45) is 0 Å². The summed E-state index contributed by atoms with van der Waals surface area (Å²) in [7, 11) is 0. The van der Waals surface area contributed by atoms with Crippen LogP contribution in [0, 0.1) is 0 Å². The van der Waals surface area contributed by atoms with Crippen molar-refractivity contribution in [3.05, 3.63) is 0 Å². The quantitative estimate of drug-likeness (QED) is 0.520. The van der Waals surface area contributed by atoms with Crippen molar-refractivity contribution in [3.8, 4) is 0 Å². The summed E-state index contributed by atoms with van der Waals surface area (Å²) < 4.78 is 3.07. The first-order valence-corrected chi connectivity index (χ1v) is 7.29. The molecule has 8 heavy (non-hydrogen) atoms. The van der Waals surface area contributed by atoms with Gasteiger partial charge in [0.1, 0.15) is 0 Å². The zero-order valence-electron chi connectivity index (χ0n) is 4.57. The third-order valence-corrected chi connectivity index (χ3v) is 1.99. The van der Waals surface area contributed by atoms with E-state index in [0.717, 1.165) is 6.42 Å². The minimum absolute atomic E-state index is 0.671. The number of hydrogen-bond acceptors (Lipinski definition) is 2. The first kappa shape index (κ1) is 9.31. The third-order valence-electron chi connectivity index (χ3n) is 0.464. The molecule has 0 amide bonds. The van der Waals surface area contributed by atoms with Crippen molar-refractivity contribution in [3.63, 3.8) is 0 Å². The normalized spacial score (nSPS) is 11.9. The average molecular weight is 188 g/mol. The molecule has 0 aliphatic heterocycles. The van der Waals surface area contributed by atoms with Crippen molar-refractivity contribution in [1.82, 2.24) is 0 Å². The van der Waals surface area contributed by atoms with Gasteiger partial charge in [-0.1, -0.05) is 6.92 Å². The highest BCUT2D eigenvalue weighted by molar-refractivity contribution is 8.90. The summed E-state index contributed by atoms with van der Waals surface area (Å²) in [4.78, 5) is 0. The van der Waals surface area contributed by atoms with Crippen molar-refractivity contribution >= 4 is 41.0 Å². The lowest BCUT2D eigenvalue weighted by Gasteiger charge is -2.06. The fourth-order valence-corrected chi connectivity index (χ4v) is 1.34.